The van der Waals surface area contributed by atoms with Crippen molar-refractivity contribution in [2.24, 2.45) is 16.5 Å². The molecule has 1 amide bonds. The van der Waals surface area contributed by atoms with Crippen molar-refractivity contribution in [3.05, 3.63) is 54.1 Å². The Morgan fingerprint density at radius 1 is 1.25 bits per heavy atom. The smallest absolute Gasteiger partial charge is 0.309 e. The maximum Gasteiger partial charge on any atom is 0.309 e. The van der Waals surface area contributed by atoms with Crippen LogP contribution < -0.4 is 5.32 Å². The molecule has 3 atom stereocenters. The molecule has 1 aromatic carbocycles. The first-order chi connectivity index (χ1) is 17.0. The lowest BCUT2D eigenvalue weighted by molar-refractivity contribution is -0.156. The van der Waals surface area contributed by atoms with Crippen LogP contribution in [0.3, 0.4) is 0 Å². The molecule has 36 heavy (non-hydrogen) atoms. The maximum absolute atomic E-state index is 12.5. The fourth-order valence-corrected chi connectivity index (χ4v) is 8.03. The van der Waals surface area contributed by atoms with Crippen LogP contribution in [0, 0.1) is 11.3 Å². The van der Waals surface area contributed by atoms with E-state index in [9.17, 15) is 14.7 Å². The first-order valence-electron chi connectivity index (χ1n) is 12.3. The summed E-state index contributed by atoms with van der Waals surface area (Å²) in [5, 5.41) is 19.5. The highest BCUT2D eigenvalue weighted by atomic mass is 79.9. The Kier molecular flexibility index (Phi) is 8.03. The summed E-state index contributed by atoms with van der Waals surface area (Å²) in [7, 11) is 0. The van der Waals surface area contributed by atoms with Gasteiger partial charge in [-0.1, -0.05) is 48.3 Å². The standard InChI is InChI=1S/C27H32Br2N2O4S/c1-15(2)17-11-18-19(12-20(17)29)26(3)6-5-7-27(4,25(33)34)23(26)13-21(18)31-35-9-8-30-24(32)22-10-16(28)14-36-22/h10-12,14-15,23H,5-9,13H2,1-4H3,(H,30,32)(H,33,34)/b31-21+/t23-,26-,27-/m1/s1. The number of carboxylic acid groups (broad SMARTS) is 1. The van der Waals surface area contributed by atoms with Gasteiger partial charge in [0.1, 0.15) is 6.61 Å². The number of amides is 1. The summed E-state index contributed by atoms with van der Waals surface area (Å²) < 4.78 is 1.93. The largest absolute Gasteiger partial charge is 0.481 e. The number of thiophene rings is 1. The molecule has 2 N–H and O–H groups in total. The summed E-state index contributed by atoms with van der Waals surface area (Å²) in [5.41, 5.74) is 3.06. The maximum atomic E-state index is 12.5. The molecule has 2 aliphatic rings. The quantitative estimate of drug-likeness (QED) is 0.250. The second kappa shape index (κ2) is 10.6. The van der Waals surface area contributed by atoms with Crippen LogP contribution >= 0.6 is 43.2 Å². The molecule has 0 bridgehead atoms. The Bertz CT molecular complexity index is 1210. The summed E-state index contributed by atoms with van der Waals surface area (Å²) in [6.45, 7) is 8.96. The van der Waals surface area contributed by atoms with Gasteiger partial charge in [0.25, 0.3) is 5.91 Å². The Balaban J connectivity index is 1.61. The van der Waals surface area contributed by atoms with Gasteiger partial charge in [-0.05, 0) is 88.7 Å². The van der Waals surface area contributed by atoms with Gasteiger partial charge in [-0.2, -0.15) is 0 Å². The Morgan fingerprint density at radius 2 is 2.00 bits per heavy atom. The zero-order valence-electron chi connectivity index (χ0n) is 21.0. The predicted octanol–water partition coefficient (Wildman–Crippen LogP) is 7.10. The number of carbonyl (C=O) groups is 2. The predicted molar refractivity (Wildman–Crippen MR) is 150 cm³/mol. The zero-order valence-corrected chi connectivity index (χ0v) is 25.0. The van der Waals surface area contributed by atoms with E-state index >= 15 is 0 Å². The minimum Gasteiger partial charge on any atom is -0.481 e. The van der Waals surface area contributed by atoms with E-state index in [4.69, 9.17) is 4.84 Å². The van der Waals surface area contributed by atoms with Crippen molar-refractivity contribution in [2.75, 3.05) is 13.2 Å². The highest BCUT2D eigenvalue weighted by molar-refractivity contribution is 9.10. The van der Waals surface area contributed by atoms with E-state index in [-0.39, 0.29) is 23.8 Å². The number of halogens is 2. The molecular weight excluding hydrogens is 608 g/mol. The Hall–Kier alpha value is -1.71. The molecule has 0 unspecified atom stereocenters. The number of nitrogens with zero attached hydrogens (tertiary/aromatic N) is 1. The van der Waals surface area contributed by atoms with E-state index in [1.54, 1.807) is 6.07 Å². The van der Waals surface area contributed by atoms with Crippen molar-refractivity contribution >= 4 is 60.8 Å². The summed E-state index contributed by atoms with van der Waals surface area (Å²) in [6.07, 6.45) is 3.02. The molecule has 1 aromatic heterocycles. The number of hydrogen-bond acceptors (Lipinski definition) is 5. The fraction of sp³-hybridized carbons (Fsp3) is 0.519. The summed E-state index contributed by atoms with van der Waals surface area (Å²) in [5.74, 6) is -0.671. The van der Waals surface area contributed by atoms with Crippen LogP contribution in [-0.2, 0) is 15.0 Å². The van der Waals surface area contributed by atoms with Gasteiger partial charge in [0.2, 0.25) is 0 Å². The van der Waals surface area contributed by atoms with Gasteiger partial charge in [-0.3, -0.25) is 9.59 Å². The van der Waals surface area contributed by atoms with E-state index in [1.165, 1.54) is 16.9 Å². The van der Waals surface area contributed by atoms with Gasteiger partial charge in [0, 0.05) is 19.9 Å². The number of nitrogens with one attached hydrogen (secondary N) is 1. The normalized spacial score (nSPS) is 26.4. The number of aliphatic carboxylic acids is 1. The second-order valence-electron chi connectivity index (χ2n) is 10.6. The molecule has 6 nitrogen and oxygen atoms in total. The zero-order chi connectivity index (χ0) is 26.3. The molecule has 0 radical (unpaired) electrons. The van der Waals surface area contributed by atoms with Gasteiger partial charge < -0.3 is 15.3 Å². The molecule has 1 fully saturated rings. The van der Waals surface area contributed by atoms with E-state index in [1.807, 2.05) is 12.3 Å². The highest BCUT2D eigenvalue weighted by Gasteiger charge is 2.56. The van der Waals surface area contributed by atoms with Gasteiger partial charge in [0.05, 0.1) is 22.5 Å². The van der Waals surface area contributed by atoms with E-state index in [0.717, 1.165) is 38.6 Å². The van der Waals surface area contributed by atoms with E-state index in [0.29, 0.717) is 30.2 Å². The SMILES string of the molecule is CC(C)c1cc2c(cc1Br)[C@@]1(C)CCC[C@@](C)(C(=O)O)[C@@H]1C/C2=N\OCCNC(=O)c1cc(Br)cs1. The van der Waals surface area contributed by atoms with Gasteiger partial charge >= 0.3 is 5.97 Å². The van der Waals surface area contributed by atoms with Crippen LogP contribution in [0.15, 0.2) is 37.7 Å². The molecule has 1 heterocycles. The second-order valence-corrected chi connectivity index (χ2v) is 13.3. The molecule has 0 aliphatic heterocycles. The highest BCUT2D eigenvalue weighted by Crippen LogP contribution is 2.58. The van der Waals surface area contributed by atoms with Crippen molar-refractivity contribution in [2.45, 2.75) is 64.7 Å². The number of carboxylic acids is 1. The lowest BCUT2D eigenvalue weighted by Crippen LogP contribution is -2.53. The van der Waals surface area contributed by atoms with Crippen molar-refractivity contribution in [3.8, 4) is 0 Å². The molecule has 2 aliphatic carbocycles. The van der Waals surface area contributed by atoms with Crippen LogP contribution in [0.25, 0.3) is 0 Å². The number of fused-ring (bicyclic) bond motifs is 3. The number of carbonyl (C=O) groups excluding carboxylic acids is 1. The van der Waals surface area contributed by atoms with Crippen LogP contribution in [0.5, 0.6) is 0 Å². The molecule has 4 rings (SSSR count). The van der Waals surface area contributed by atoms with Crippen molar-refractivity contribution in [1.82, 2.24) is 5.32 Å². The first-order valence-corrected chi connectivity index (χ1v) is 14.7. The third-order valence-electron chi connectivity index (χ3n) is 7.95. The minimum atomic E-state index is -0.836. The fourth-order valence-electron chi connectivity index (χ4n) is 5.89. The molecule has 194 valence electrons. The van der Waals surface area contributed by atoms with Crippen LogP contribution in [-0.4, -0.2) is 35.8 Å². The molecule has 1 saturated carbocycles. The number of oxime groups is 1. The van der Waals surface area contributed by atoms with Gasteiger partial charge in [-0.25, -0.2) is 0 Å². The molecule has 2 aromatic rings. The van der Waals surface area contributed by atoms with Gasteiger partial charge in [-0.15, -0.1) is 11.3 Å². The third kappa shape index (κ3) is 5.03. The lowest BCUT2D eigenvalue weighted by Gasteiger charge is -2.53. The van der Waals surface area contributed by atoms with Crippen molar-refractivity contribution in [3.63, 3.8) is 0 Å². The van der Waals surface area contributed by atoms with Crippen LogP contribution in [0.4, 0.5) is 0 Å². The summed E-state index contributed by atoms with van der Waals surface area (Å²) in [6, 6.07) is 6.15. The number of rotatable bonds is 7. The Labute approximate surface area is 233 Å². The molecule has 9 heteroatoms. The molecule has 0 spiro atoms. The van der Waals surface area contributed by atoms with E-state index < -0.39 is 11.4 Å². The molecule has 0 saturated heterocycles. The van der Waals surface area contributed by atoms with E-state index in [2.05, 4.69) is 75.2 Å². The first kappa shape index (κ1) is 27.3. The van der Waals surface area contributed by atoms with Crippen LogP contribution in [0.2, 0.25) is 0 Å². The van der Waals surface area contributed by atoms with Crippen LogP contribution in [0.1, 0.15) is 85.7 Å². The average Bonchev–Trinajstić information content (AvgIpc) is 3.25. The number of hydrogen-bond donors (Lipinski definition) is 2. The topological polar surface area (TPSA) is 88.0 Å². The molecular formula is C27H32Br2N2O4S. The summed E-state index contributed by atoms with van der Waals surface area (Å²) in [4.78, 5) is 31.1. The lowest BCUT2D eigenvalue weighted by atomic mass is 9.49. The van der Waals surface area contributed by atoms with Gasteiger partial charge in [0.15, 0.2) is 0 Å². The third-order valence-corrected chi connectivity index (χ3v) is 10.3. The average molecular weight is 640 g/mol. The van der Waals surface area contributed by atoms with Crippen molar-refractivity contribution in [1.29, 1.82) is 0 Å². The van der Waals surface area contributed by atoms with Crippen molar-refractivity contribution < 1.29 is 19.5 Å². The minimum absolute atomic E-state index is 0.0973. The Morgan fingerprint density at radius 3 is 2.64 bits per heavy atom. The number of benzene rings is 1. The monoisotopic (exact) mass is 638 g/mol. The summed E-state index contributed by atoms with van der Waals surface area (Å²) >= 11 is 8.51.